The van der Waals surface area contributed by atoms with Crippen molar-refractivity contribution in [2.45, 2.75) is 23.4 Å². The number of halogens is 1. The maximum Gasteiger partial charge on any atom is 0.196 e. The summed E-state index contributed by atoms with van der Waals surface area (Å²) >= 11 is 8.18. The number of fused-ring (bicyclic) bond motifs is 2. The van der Waals surface area contributed by atoms with Crippen LogP contribution in [0.5, 0.6) is 0 Å². The number of aromatic nitrogens is 6. The minimum atomic E-state index is 0.625. The number of nitrogens with one attached hydrogen (secondary N) is 1. The Morgan fingerprint density at radius 3 is 2.77 bits per heavy atom. The van der Waals surface area contributed by atoms with Crippen LogP contribution in [0.2, 0.25) is 5.02 Å². The SMILES string of the molecule is CCc1[nH]c2nc(Sc3cnc4nccnc4c3)nc(N3CC(CN(C)C)C3)c2c1Cl. The molecular formula is C21H23ClN8S. The number of aryl methyl sites for hydroxylation is 1. The molecule has 1 fully saturated rings. The summed E-state index contributed by atoms with van der Waals surface area (Å²) < 4.78 is 0. The summed E-state index contributed by atoms with van der Waals surface area (Å²) in [5, 5.41) is 2.29. The van der Waals surface area contributed by atoms with Crippen LogP contribution < -0.4 is 4.90 Å². The number of nitrogens with zero attached hydrogens (tertiary/aromatic N) is 7. The number of pyridine rings is 1. The second kappa shape index (κ2) is 8.22. The zero-order chi connectivity index (χ0) is 21.5. The molecule has 0 unspecified atom stereocenters. The van der Waals surface area contributed by atoms with E-state index in [1.54, 1.807) is 18.6 Å². The number of rotatable bonds is 6. The van der Waals surface area contributed by atoms with E-state index in [1.807, 2.05) is 6.07 Å². The Morgan fingerprint density at radius 2 is 2.00 bits per heavy atom. The van der Waals surface area contributed by atoms with Crippen molar-refractivity contribution in [3.05, 3.63) is 35.4 Å². The average molecular weight is 455 g/mol. The van der Waals surface area contributed by atoms with E-state index < -0.39 is 0 Å². The Hall–Kier alpha value is -2.49. The third-order valence-corrected chi connectivity index (χ3v) is 6.61. The van der Waals surface area contributed by atoms with Crippen LogP contribution in [-0.2, 0) is 6.42 Å². The van der Waals surface area contributed by atoms with Crippen LogP contribution in [0.1, 0.15) is 12.6 Å². The maximum atomic E-state index is 6.71. The molecule has 31 heavy (non-hydrogen) atoms. The number of aromatic amines is 1. The lowest BCUT2D eigenvalue weighted by Crippen LogP contribution is -2.51. The number of hydrogen-bond acceptors (Lipinski definition) is 8. The van der Waals surface area contributed by atoms with Crippen molar-refractivity contribution in [3.8, 4) is 0 Å². The first kappa shape index (κ1) is 20.4. The molecule has 4 aromatic rings. The Balaban J connectivity index is 1.51. The van der Waals surface area contributed by atoms with Gasteiger partial charge in [-0.3, -0.25) is 4.98 Å². The Kier molecular flexibility index (Phi) is 5.41. The molecule has 0 spiro atoms. The summed E-state index contributed by atoms with van der Waals surface area (Å²) in [4.78, 5) is 31.5. The smallest absolute Gasteiger partial charge is 0.196 e. The van der Waals surface area contributed by atoms with Crippen molar-refractivity contribution in [1.29, 1.82) is 0 Å². The first-order valence-electron chi connectivity index (χ1n) is 10.2. The topological polar surface area (TPSA) is 86.7 Å². The lowest BCUT2D eigenvalue weighted by atomic mass is 9.99. The molecule has 1 N–H and O–H groups in total. The summed E-state index contributed by atoms with van der Waals surface area (Å²) in [5.41, 5.74) is 3.14. The van der Waals surface area contributed by atoms with Crippen LogP contribution >= 0.6 is 23.4 Å². The predicted octanol–water partition coefficient (Wildman–Crippen LogP) is 3.66. The predicted molar refractivity (Wildman–Crippen MR) is 124 cm³/mol. The van der Waals surface area contributed by atoms with Gasteiger partial charge in [0.1, 0.15) is 17.0 Å². The van der Waals surface area contributed by atoms with Gasteiger partial charge in [-0.1, -0.05) is 18.5 Å². The second-order valence-electron chi connectivity index (χ2n) is 8.03. The molecule has 0 aliphatic carbocycles. The van der Waals surface area contributed by atoms with Gasteiger partial charge in [0.15, 0.2) is 10.8 Å². The molecule has 0 radical (unpaired) electrons. The molecular weight excluding hydrogens is 432 g/mol. The van der Waals surface area contributed by atoms with Crippen molar-refractivity contribution in [3.63, 3.8) is 0 Å². The van der Waals surface area contributed by atoms with Crippen LogP contribution in [0, 0.1) is 5.92 Å². The average Bonchev–Trinajstić information content (AvgIpc) is 3.05. The Morgan fingerprint density at radius 1 is 1.19 bits per heavy atom. The van der Waals surface area contributed by atoms with Gasteiger partial charge >= 0.3 is 0 Å². The zero-order valence-corrected chi connectivity index (χ0v) is 19.2. The quantitative estimate of drug-likeness (QED) is 0.442. The van der Waals surface area contributed by atoms with Crippen molar-refractivity contribution < 1.29 is 0 Å². The second-order valence-corrected chi connectivity index (χ2v) is 9.45. The fourth-order valence-electron chi connectivity index (χ4n) is 3.96. The number of H-pyrrole nitrogens is 1. The highest BCUT2D eigenvalue weighted by Gasteiger charge is 2.31. The van der Waals surface area contributed by atoms with Gasteiger partial charge in [0.2, 0.25) is 0 Å². The van der Waals surface area contributed by atoms with Crippen LogP contribution in [0.4, 0.5) is 5.82 Å². The largest absolute Gasteiger partial charge is 0.355 e. The van der Waals surface area contributed by atoms with Gasteiger partial charge in [0.25, 0.3) is 0 Å². The highest BCUT2D eigenvalue weighted by atomic mass is 35.5. The van der Waals surface area contributed by atoms with Gasteiger partial charge in [-0.2, -0.15) is 0 Å². The minimum Gasteiger partial charge on any atom is -0.355 e. The van der Waals surface area contributed by atoms with E-state index in [-0.39, 0.29) is 0 Å². The molecule has 0 atom stereocenters. The Labute approximate surface area is 189 Å². The summed E-state index contributed by atoms with van der Waals surface area (Å²) in [6.07, 6.45) is 5.90. The van der Waals surface area contributed by atoms with Gasteiger partial charge < -0.3 is 14.8 Å². The molecule has 0 bridgehead atoms. The Bertz CT molecular complexity index is 1250. The third-order valence-electron chi connectivity index (χ3n) is 5.37. The van der Waals surface area contributed by atoms with Crippen LogP contribution in [-0.4, -0.2) is 68.5 Å². The van der Waals surface area contributed by atoms with Gasteiger partial charge in [-0.25, -0.2) is 19.9 Å². The summed E-state index contributed by atoms with van der Waals surface area (Å²) in [7, 11) is 4.22. The van der Waals surface area contributed by atoms with Gasteiger partial charge in [-0.15, -0.1) is 0 Å². The summed E-state index contributed by atoms with van der Waals surface area (Å²) in [6.45, 7) is 5.07. The number of anilines is 1. The van der Waals surface area contributed by atoms with E-state index in [2.05, 4.69) is 50.8 Å². The summed E-state index contributed by atoms with van der Waals surface area (Å²) in [6, 6.07) is 1.96. The normalized spacial score (nSPS) is 14.7. The van der Waals surface area contributed by atoms with Crippen molar-refractivity contribution >= 4 is 51.4 Å². The van der Waals surface area contributed by atoms with E-state index in [1.165, 1.54) is 11.8 Å². The molecule has 1 aliphatic heterocycles. The maximum absolute atomic E-state index is 6.71. The molecule has 0 amide bonds. The van der Waals surface area contributed by atoms with Crippen molar-refractivity contribution in [2.75, 3.05) is 38.6 Å². The van der Waals surface area contributed by atoms with Crippen molar-refractivity contribution in [2.24, 2.45) is 5.92 Å². The number of hydrogen-bond donors (Lipinski definition) is 1. The highest BCUT2D eigenvalue weighted by molar-refractivity contribution is 7.99. The van der Waals surface area contributed by atoms with Crippen LogP contribution in [0.25, 0.3) is 22.2 Å². The van der Waals surface area contributed by atoms with E-state index >= 15 is 0 Å². The van der Waals surface area contributed by atoms with Gasteiger partial charge in [0, 0.05) is 54.7 Å². The summed E-state index contributed by atoms with van der Waals surface area (Å²) in [5.74, 6) is 1.53. The fourth-order valence-corrected chi connectivity index (χ4v) is 5.07. The molecule has 1 saturated heterocycles. The third kappa shape index (κ3) is 3.93. The molecule has 160 valence electrons. The standard InChI is InChI=1S/C21H23ClN8S/c1-4-14-17(22)16-19(26-14)27-21(28-20(16)30-10-12(11-30)9-29(2)3)31-13-7-15-18(25-8-13)24-6-5-23-15/h5-8,12H,4,9-11H2,1-3H3,(H,26,27,28). The minimum absolute atomic E-state index is 0.625. The molecule has 4 aromatic heterocycles. The first-order chi connectivity index (χ1) is 15.0. The van der Waals surface area contributed by atoms with Gasteiger partial charge in [0.05, 0.1) is 10.4 Å². The monoisotopic (exact) mass is 454 g/mol. The molecule has 5 heterocycles. The molecule has 10 heteroatoms. The molecule has 1 aliphatic rings. The van der Waals surface area contributed by atoms with E-state index in [0.29, 0.717) is 16.7 Å². The molecule has 8 nitrogen and oxygen atoms in total. The van der Waals surface area contributed by atoms with Gasteiger partial charge in [-0.05, 0) is 38.3 Å². The molecule has 0 saturated carbocycles. The van der Waals surface area contributed by atoms with Crippen molar-refractivity contribution in [1.82, 2.24) is 34.8 Å². The molecule has 0 aromatic carbocycles. The van der Waals surface area contributed by atoms with E-state index in [9.17, 15) is 0 Å². The van der Waals surface area contributed by atoms with Crippen LogP contribution in [0.3, 0.4) is 0 Å². The highest BCUT2D eigenvalue weighted by Crippen LogP contribution is 2.38. The lowest BCUT2D eigenvalue weighted by molar-refractivity contribution is 0.282. The van der Waals surface area contributed by atoms with E-state index in [4.69, 9.17) is 21.6 Å². The first-order valence-corrected chi connectivity index (χ1v) is 11.4. The fraction of sp³-hybridized carbons (Fsp3) is 0.381. The molecule has 5 rings (SSSR count). The zero-order valence-electron chi connectivity index (χ0n) is 17.6. The van der Waals surface area contributed by atoms with Crippen LogP contribution in [0.15, 0.2) is 34.7 Å². The lowest BCUT2D eigenvalue weighted by Gasteiger charge is -2.41. The van der Waals surface area contributed by atoms with E-state index in [0.717, 1.165) is 64.0 Å².